The minimum Gasteiger partial charge on any atom is -0.467 e. The number of hydrogen-bond acceptors (Lipinski definition) is 8. The van der Waals surface area contributed by atoms with Crippen molar-refractivity contribution in [3.05, 3.63) is 55.5 Å². The van der Waals surface area contributed by atoms with Crippen LogP contribution in [0.25, 0.3) is 11.3 Å². The van der Waals surface area contributed by atoms with Crippen molar-refractivity contribution in [2.45, 2.75) is 63.0 Å². The number of hydrogen-bond donors (Lipinski definition) is 3. The second-order valence-electron chi connectivity index (χ2n) is 10.8. The molecule has 0 aliphatic rings. The number of methoxy groups -OCH3 is 2. The highest BCUT2D eigenvalue weighted by molar-refractivity contribution is 6.76. The topological polar surface area (TPSA) is 130 Å². The van der Waals surface area contributed by atoms with Crippen LogP contribution in [0.4, 0.5) is 29.3 Å². The zero-order valence-corrected chi connectivity index (χ0v) is 25.6. The fourth-order valence-corrected chi connectivity index (χ4v) is 4.77. The van der Waals surface area contributed by atoms with Gasteiger partial charge in [-0.05, 0) is 30.7 Å². The van der Waals surface area contributed by atoms with Gasteiger partial charge in [0, 0.05) is 44.2 Å². The summed E-state index contributed by atoms with van der Waals surface area (Å²) in [5.74, 6) is -1.14. The maximum absolute atomic E-state index is 14.5. The second kappa shape index (κ2) is 14.5. The number of ether oxygens (including phenoxy) is 3. The molecule has 0 saturated heterocycles. The third kappa shape index (κ3) is 8.69. The van der Waals surface area contributed by atoms with Crippen LogP contribution in [-0.4, -0.2) is 62.2 Å². The van der Waals surface area contributed by atoms with Crippen LogP contribution in [0.15, 0.2) is 49.7 Å². The fourth-order valence-electron chi connectivity index (χ4n) is 4.01. The minimum atomic E-state index is -5.10. The summed E-state index contributed by atoms with van der Waals surface area (Å²) in [5.41, 5.74) is 3.56. The van der Waals surface area contributed by atoms with Crippen molar-refractivity contribution in [1.82, 2.24) is 9.55 Å². The average molecular weight is 612 g/mol. The normalized spacial score (nSPS) is 13.9. The number of alkyl halides is 3. The summed E-state index contributed by atoms with van der Waals surface area (Å²) in [7, 11) is 0.658. The van der Waals surface area contributed by atoms with E-state index in [9.17, 15) is 22.8 Å². The number of nitrogens with two attached hydrogens (primary N) is 1. The standard InChI is InChI=1S/C28H40F3N5O5Si/c1-8-10-21(32)24-34-23(17-36(24)18-41-14-15-42(5,6)7)20-12-11-19(33-26(38)40-4)16-22(20)35-27(13-9-2,25(37)39-3)28(29,30)31/h8-9,11-12,16-17,21,35H,1-2,10,13-15,18,32H2,3-7H3,(H,33,38)/t21-,27?/m0/s1. The molecule has 2 aromatic rings. The molecule has 14 heteroatoms. The van der Waals surface area contributed by atoms with Crippen LogP contribution >= 0.6 is 0 Å². The van der Waals surface area contributed by atoms with E-state index in [0.29, 0.717) is 18.9 Å². The number of amides is 1. The molecule has 0 bridgehead atoms. The summed E-state index contributed by atoms with van der Waals surface area (Å²) in [6.07, 6.45) is -2.18. The number of anilines is 2. The van der Waals surface area contributed by atoms with Crippen molar-refractivity contribution < 1.29 is 37.0 Å². The van der Waals surface area contributed by atoms with Gasteiger partial charge in [-0.2, -0.15) is 13.2 Å². The molecule has 10 nitrogen and oxygen atoms in total. The Hall–Kier alpha value is -3.62. The molecule has 0 saturated carbocycles. The monoisotopic (exact) mass is 611 g/mol. The number of carbonyl (C=O) groups is 2. The van der Waals surface area contributed by atoms with Crippen molar-refractivity contribution in [2.24, 2.45) is 5.73 Å². The van der Waals surface area contributed by atoms with Crippen LogP contribution in [0.3, 0.4) is 0 Å². The summed E-state index contributed by atoms with van der Waals surface area (Å²) < 4.78 is 60.4. The van der Waals surface area contributed by atoms with E-state index in [2.05, 4.69) is 57.9 Å². The lowest BCUT2D eigenvalue weighted by molar-refractivity contribution is -0.198. The molecule has 1 aromatic heterocycles. The summed E-state index contributed by atoms with van der Waals surface area (Å²) in [5, 5.41) is 4.76. The molecule has 1 aromatic carbocycles. The maximum Gasteiger partial charge on any atom is 0.422 e. The number of esters is 1. The predicted molar refractivity (Wildman–Crippen MR) is 159 cm³/mol. The van der Waals surface area contributed by atoms with E-state index in [1.54, 1.807) is 16.8 Å². The van der Waals surface area contributed by atoms with Gasteiger partial charge in [0.2, 0.25) is 5.54 Å². The Balaban J connectivity index is 2.70. The number of halogens is 3. The number of carbonyl (C=O) groups excluding carboxylic acids is 2. The van der Waals surface area contributed by atoms with E-state index < -0.39 is 44.3 Å². The lowest BCUT2D eigenvalue weighted by atomic mass is 9.92. The van der Waals surface area contributed by atoms with Crippen LogP contribution in [-0.2, 0) is 25.7 Å². The van der Waals surface area contributed by atoms with Gasteiger partial charge in [0.15, 0.2) is 0 Å². The van der Waals surface area contributed by atoms with Crippen LogP contribution in [0.1, 0.15) is 24.7 Å². The van der Waals surface area contributed by atoms with Gasteiger partial charge in [-0.15, -0.1) is 13.2 Å². The van der Waals surface area contributed by atoms with E-state index in [4.69, 9.17) is 10.5 Å². The molecule has 2 atom stereocenters. The Morgan fingerprint density at radius 2 is 1.86 bits per heavy atom. The Kier molecular flexibility index (Phi) is 11.9. The third-order valence-corrected chi connectivity index (χ3v) is 8.03. The van der Waals surface area contributed by atoms with Crippen molar-refractivity contribution >= 4 is 31.5 Å². The first-order chi connectivity index (χ1) is 19.6. The number of rotatable bonds is 15. The molecule has 2 rings (SSSR count). The molecule has 1 unspecified atom stereocenters. The van der Waals surface area contributed by atoms with Crippen molar-refractivity contribution in [3.8, 4) is 11.3 Å². The average Bonchev–Trinajstić information content (AvgIpc) is 3.33. The van der Waals surface area contributed by atoms with Gasteiger partial charge >= 0.3 is 18.2 Å². The fraction of sp³-hybridized carbons (Fsp3) is 0.464. The highest BCUT2D eigenvalue weighted by Crippen LogP contribution is 2.41. The van der Waals surface area contributed by atoms with Crippen LogP contribution < -0.4 is 16.4 Å². The SMILES string of the molecule is C=CC[C@H](N)c1nc(-c2ccc(NC(=O)OC)cc2NC(CC=C)(C(=O)OC)C(F)(F)F)cn1COCC[Si](C)(C)C. The summed E-state index contributed by atoms with van der Waals surface area (Å²) in [6.45, 7) is 14.4. The van der Waals surface area contributed by atoms with Gasteiger partial charge in [0.1, 0.15) is 12.6 Å². The number of imidazole rings is 1. The van der Waals surface area contributed by atoms with Gasteiger partial charge in [-0.25, -0.2) is 14.6 Å². The van der Waals surface area contributed by atoms with E-state index in [1.807, 2.05) is 0 Å². The van der Waals surface area contributed by atoms with Crippen LogP contribution in [0.2, 0.25) is 25.7 Å². The highest BCUT2D eigenvalue weighted by Gasteiger charge is 2.61. The van der Waals surface area contributed by atoms with Gasteiger partial charge in [0.25, 0.3) is 0 Å². The molecule has 0 radical (unpaired) electrons. The minimum absolute atomic E-state index is 0.102. The van der Waals surface area contributed by atoms with Crippen molar-refractivity contribution in [1.29, 1.82) is 0 Å². The van der Waals surface area contributed by atoms with Crippen molar-refractivity contribution in [2.75, 3.05) is 31.5 Å². The Morgan fingerprint density at radius 3 is 2.40 bits per heavy atom. The van der Waals surface area contributed by atoms with E-state index in [1.165, 1.54) is 18.2 Å². The zero-order chi connectivity index (χ0) is 31.7. The lowest BCUT2D eigenvalue weighted by Gasteiger charge is -2.34. The number of nitrogens with zero attached hydrogens (tertiary/aromatic N) is 2. The third-order valence-electron chi connectivity index (χ3n) is 6.33. The van der Waals surface area contributed by atoms with Crippen LogP contribution in [0.5, 0.6) is 0 Å². The molecule has 0 spiro atoms. The maximum atomic E-state index is 14.5. The second-order valence-corrected chi connectivity index (χ2v) is 16.4. The number of nitrogens with one attached hydrogen (secondary N) is 2. The molecule has 0 aliphatic carbocycles. The molecular formula is C28H40F3N5O5Si. The summed E-state index contributed by atoms with van der Waals surface area (Å²) >= 11 is 0. The Bertz CT molecular complexity index is 1260. The van der Waals surface area contributed by atoms with Gasteiger partial charge < -0.3 is 29.8 Å². The quantitative estimate of drug-likeness (QED) is 0.0957. The largest absolute Gasteiger partial charge is 0.467 e. The number of aromatic nitrogens is 2. The highest BCUT2D eigenvalue weighted by atomic mass is 28.3. The molecule has 0 fully saturated rings. The predicted octanol–water partition coefficient (Wildman–Crippen LogP) is 6.08. The van der Waals surface area contributed by atoms with Gasteiger partial charge in [-0.3, -0.25) is 5.32 Å². The first-order valence-electron chi connectivity index (χ1n) is 13.2. The molecular weight excluding hydrogens is 571 g/mol. The van der Waals surface area contributed by atoms with E-state index >= 15 is 0 Å². The molecule has 1 heterocycles. The first-order valence-corrected chi connectivity index (χ1v) is 16.9. The zero-order valence-electron chi connectivity index (χ0n) is 24.6. The number of benzene rings is 1. The van der Waals surface area contributed by atoms with Gasteiger partial charge in [-0.1, -0.05) is 31.8 Å². The molecule has 1 amide bonds. The smallest absolute Gasteiger partial charge is 0.422 e. The summed E-state index contributed by atoms with van der Waals surface area (Å²) in [4.78, 5) is 29.2. The van der Waals surface area contributed by atoms with Crippen LogP contribution in [0, 0.1) is 0 Å². The Labute approximate surface area is 245 Å². The molecule has 0 aliphatic heterocycles. The molecule has 4 N–H and O–H groups in total. The first kappa shape index (κ1) is 34.6. The summed E-state index contributed by atoms with van der Waals surface area (Å²) in [6, 6.07) is 4.53. The molecule has 232 valence electrons. The Morgan fingerprint density at radius 1 is 1.17 bits per heavy atom. The van der Waals surface area contributed by atoms with E-state index in [-0.39, 0.29) is 29.4 Å². The van der Waals surface area contributed by atoms with E-state index in [0.717, 1.165) is 26.3 Å². The lowest BCUT2D eigenvalue weighted by Crippen LogP contribution is -2.58. The van der Waals surface area contributed by atoms with Crippen molar-refractivity contribution in [3.63, 3.8) is 0 Å². The molecule has 42 heavy (non-hydrogen) atoms. The van der Waals surface area contributed by atoms with Gasteiger partial charge in [0.05, 0.1) is 26.0 Å².